The molecule has 1 aromatic heterocycles. The lowest BCUT2D eigenvalue weighted by Crippen LogP contribution is -2.30. The van der Waals surface area contributed by atoms with Crippen LogP contribution in [-0.4, -0.2) is 11.8 Å². The van der Waals surface area contributed by atoms with Gasteiger partial charge in [-0.2, -0.15) is 0 Å². The molecule has 3 unspecified atom stereocenters. The molecule has 0 saturated heterocycles. The van der Waals surface area contributed by atoms with Crippen LogP contribution in [0.2, 0.25) is 0 Å². The molecule has 0 radical (unpaired) electrons. The smallest absolute Gasteiger partial charge is 0.0696 e. The summed E-state index contributed by atoms with van der Waals surface area (Å²) >= 11 is 1.92. The Bertz CT molecular complexity index is 1380. The summed E-state index contributed by atoms with van der Waals surface area (Å²) in [6.07, 6.45) is 20.2. The maximum atomic E-state index is 5.61. The highest BCUT2D eigenvalue weighted by Crippen LogP contribution is 2.42. The summed E-state index contributed by atoms with van der Waals surface area (Å²) in [7, 11) is 0. The monoisotopic (exact) mass is 463 g/mol. The van der Waals surface area contributed by atoms with Crippen LogP contribution in [0.4, 0.5) is 0 Å². The Morgan fingerprint density at radius 3 is 2.65 bits per heavy atom. The van der Waals surface area contributed by atoms with Gasteiger partial charge in [-0.15, -0.1) is 11.3 Å². The van der Waals surface area contributed by atoms with E-state index in [1.54, 1.807) is 5.57 Å². The van der Waals surface area contributed by atoms with Gasteiger partial charge in [0.05, 0.1) is 11.8 Å². The second kappa shape index (κ2) is 9.15. The van der Waals surface area contributed by atoms with Gasteiger partial charge >= 0.3 is 0 Å². The van der Waals surface area contributed by atoms with Crippen molar-refractivity contribution in [3.05, 3.63) is 95.6 Å². The summed E-state index contributed by atoms with van der Waals surface area (Å²) in [4.78, 5) is 5.61. The summed E-state index contributed by atoms with van der Waals surface area (Å²) in [6.45, 7) is 4.63. The van der Waals surface area contributed by atoms with Crippen LogP contribution in [0.5, 0.6) is 0 Å². The molecule has 172 valence electrons. The van der Waals surface area contributed by atoms with Crippen LogP contribution in [0.15, 0.2) is 95.1 Å². The molecule has 0 amide bonds. The van der Waals surface area contributed by atoms with Gasteiger partial charge in [0.1, 0.15) is 0 Å². The van der Waals surface area contributed by atoms with E-state index in [4.69, 9.17) is 4.99 Å². The number of hydrogen-bond acceptors (Lipinski definition) is 2. The van der Waals surface area contributed by atoms with E-state index in [9.17, 15) is 0 Å². The molecule has 1 nitrogen and oxygen atoms in total. The molecule has 3 aromatic rings. The summed E-state index contributed by atoms with van der Waals surface area (Å²) < 4.78 is 2.74. The summed E-state index contributed by atoms with van der Waals surface area (Å²) in [5.41, 5.74) is 5.61. The zero-order chi connectivity index (χ0) is 23.1. The fraction of sp³-hybridized carbons (Fsp3) is 0.344. The average Bonchev–Trinajstić information content (AvgIpc) is 3.28. The predicted molar refractivity (Wildman–Crippen MR) is 149 cm³/mol. The lowest BCUT2D eigenvalue weighted by molar-refractivity contribution is 0.408. The minimum Gasteiger partial charge on any atom is -0.280 e. The number of fused-ring (bicyclic) bond motifs is 3. The fourth-order valence-electron chi connectivity index (χ4n) is 6.14. The molecule has 34 heavy (non-hydrogen) atoms. The normalized spacial score (nSPS) is 25.0. The topological polar surface area (TPSA) is 12.4 Å². The van der Waals surface area contributed by atoms with Gasteiger partial charge in [0, 0.05) is 31.7 Å². The van der Waals surface area contributed by atoms with Gasteiger partial charge < -0.3 is 0 Å². The van der Waals surface area contributed by atoms with Crippen LogP contribution in [0.25, 0.3) is 20.2 Å². The summed E-state index contributed by atoms with van der Waals surface area (Å²) in [5.74, 6) is 1.66. The van der Waals surface area contributed by atoms with Crippen LogP contribution >= 0.6 is 11.3 Å². The minimum atomic E-state index is 0.323. The molecule has 2 aliphatic carbocycles. The van der Waals surface area contributed by atoms with E-state index in [0.717, 1.165) is 12.8 Å². The van der Waals surface area contributed by atoms with Gasteiger partial charge in [-0.25, -0.2) is 0 Å². The quantitative estimate of drug-likeness (QED) is 0.342. The first-order valence-corrected chi connectivity index (χ1v) is 13.7. The van der Waals surface area contributed by atoms with Gasteiger partial charge in [0.15, 0.2) is 0 Å². The Hall–Kier alpha value is -2.71. The van der Waals surface area contributed by atoms with Crippen molar-refractivity contribution in [3.8, 4) is 0 Å². The van der Waals surface area contributed by atoms with E-state index >= 15 is 0 Å². The fourth-order valence-corrected chi connectivity index (χ4v) is 7.36. The third-order valence-corrected chi connectivity index (χ3v) is 9.10. The molecular weight excluding hydrogens is 430 g/mol. The van der Waals surface area contributed by atoms with Crippen LogP contribution in [0, 0.1) is 17.8 Å². The first-order chi connectivity index (χ1) is 16.7. The Kier molecular flexibility index (Phi) is 5.87. The second-order valence-electron chi connectivity index (χ2n) is 10.3. The third kappa shape index (κ3) is 3.82. The molecule has 0 bridgehead atoms. The molecule has 1 aliphatic heterocycles. The number of hydrogen-bond donors (Lipinski definition) is 0. The Morgan fingerprint density at radius 1 is 0.912 bits per heavy atom. The first kappa shape index (κ1) is 21.8. The van der Waals surface area contributed by atoms with Crippen LogP contribution < -0.4 is 0 Å². The summed E-state index contributed by atoms with van der Waals surface area (Å²) in [5, 5.41) is 2.72. The van der Waals surface area contributed by atoms with Crippen molar-refractivity contribution in [2.45, 2.75) is 52.0 Å². The van der Waals surface area contributed by atoms with Crippen LogP contribution in [0.1, 0.15) is 51.5 Å². The molecule has 0 N–H and O–H groups in total. The molecule has 2 heteroatoms. The number of aliphatic imine (C=N–C) groups is 1. The Labute approximate surface area is 207 Å². The number of dihydropyridines is 1. The largest absolute Gasteiger partial charge is 0.280 e. The lowest BCUT2D eigenvalue weighted by Gasteiger charge is -2.35. The minimum absolute atomic E-state index is 0.323. The van der Waals surface area contributed by atoms with Crippen molar-refractivity contribution in [1.29, 1.82) is 0 Å². The second-order valence-corrected chi connectivity index (χ2v) is 11.3. The van der Waals surface area contributed by atoms with E-state index in [-0.39, 0.29) is 0 Å². The van der Waals surface area contributed by atoms with Gasteiger partial charge in [-0.3, -0.25) is 4.99 Å². The lowest BCUT2D eigenvalue weighted by atomic mass is 9.73. The van der Waals surface area contributed by atoms with Crippen molar-refractivity contribution in [1.82, 2.24) is 0 Å². The van der Waals surface area contributed by atoms with E-state index < -0.39 is 0 Å². The van der Waals surface area contributed by atoms with Crippen molar-refractivity contribution in [2.24, 2.45) is 22.7 Å². The molecule has 3 atom stereocenters. The molecule has 2 heterocycles. The average molecular weight is 464 g/mol. The molecule has 3 aliphatic rings. The molecule has 0 saturated carbocycles. The maximum absolute atomic E-state index is 5.61. The number of rotatable bonds is 4. The van der Waals surface area contributed by atoms with Gasteiger partial charge in [-0.05, 0) is 55.6 Å². The standard InChI is InChI=1S/C32H33NS/c1-21(2)23-19-20-29(25-14-7-6-13-24(25)22-11-4-3-5-12-22)33-31(23)28-17-10-16-27-26-15-8-9-18-30(26)34-32(27)28/h3-4,6-10,13,15-19,21-22,25,29H,5,11-12,14,20H2,1-2H3. The number of benzene rings is 2. The SMILES string of the molecule is CC(C)C1=CCC(C2CC=CC=C2C2CC=CCC2)N=C1c1cccc2c1sc1ccccc12. The Morgan fingerprint density at radius 2 is 1.79 bits per heavy atom. The van der Waals surface area contributed by atoms with Crippen LogP contribution in [0.3, 0.4) is 0 Å². The van der Waals surface area contributed by atoms with E-state index in [0.29, 0.717) is 23.8 Å². The predicted octanol–water partition coefficient (Wildman–Crippen LogP) is 9.06. The zero-order valence-corrected chi connectivity index (χ0v) is 21.0. The molecule has 0 spiro atoms. The molecule has 2 aromatic carbocycles. The van der Waals surface area contributed by atoms with Gasteiger partial charge in [0.2, 0.25) is 0 Å². The molecule has 6 rings (SSSR count). The van der Waals surface area contributed by atoms with E-state index in [1.807, 2.05) is 11.3 Å². The van der Waals surface area contributed by atoms with Gasteiger partial charge in [-0.1, -0.05) is 92.3 Å². The van der Waals surface area contributed by atoms with Crippen molar-refractivity contribution < 1.29 is 0 Å². The van der Waals surface area contributed by atoms with Gasteiger partial charge in [0.25, 0.3) is 0 Å². The maximum Gasteiger partial charge on any atom is 0.0696 e. The third-order valence-electron chi connectivity index (χ3n) is 7.88. The highest BCUT2D eigenvalue weighted by Gasteiger charge is 2.32. The van der Waals surface area contributed by atoms with E-state index in [2.05, 4.69) is 92.8 Å². The van der Waals surface area contributed by atoms with Crippen molar-refractivity contribution >= 4 is 37.2 Å². The number of thiophene rings is 1. The van der Waals surface area contributed by atoms with Crippen molar-refractivity contribution in [3.63, 3.8) is 0 Å². The highest BCUT2D eigenvalue weighted by atomic mass is 32.1. The highest BCUT2D eigenvalue weighted by molar-refractivity contribution is 7.26. The number of allylic oxidation sites excluding steroid dienone is 6. The first-order valence-electron chi connectivity index (χ1n) is 12.9. The molecular formula is C32H33NS. The molecule has 0 fully saturated rings. The number of nitrogens with zero attached hydrogens (tertiary/aromatic N) is 1. The zero-order valence-electron chi connectivity index (χ0n) is 20.2. The summed E-state index contributed by atoms with van der Waals surface area (Å²) in [6, 6.07) is 15.9. The van der Waals surface area contributed by atoms with E-state index in [1.165, 1.54) is 56.3 Å². The Balaban J connectivity index is 1.44. The van der Waals surface area contributed by atoms with Crippen LogP contribution in [-0.2, 0) is 0 Å². The van der Waals surface area contributed by atoms with Crippen molar-refractivity contribution in [2.75, 3.05) is 0 Å².